The number of sulfonamides is 1. The minimum absolute atomic E-state index is 0.0221. The lowest BCUT2D eigenvalue weighted by Crippen LogP contribution is -2.39. The predicted molar refractivity (Wildman–Crippen MR) is 127 cm³/mol. The van der Waals surface area contributed by atoms with Crippen molar-refractivity contribution in [3.8, 4) is 0 Å². The van der Waals surface area contributed by atoms with Gasteiger partial charge in [0, 0.05) is 22.2 Å². The van der Waals surface area contributed by atoms with Crippen LogP contribution in [-0.2, 0) is 21.4 Å². The quantitative estimate of drug-likeness (QED) is 0.369. The zero-order chi connectivity index (χ0) is 23.1. The van der Waals surface area contributed by atoms with Crippen LogP contribution in [0.4, 0.5) is 0 Å². The molecule has 3 aromatic rings. The van der Waals surface area contributed by atoms with Gasteiger partial charge in [-0.05, 0) is 42.8 Å². The van der Waals surface area contributed by atoms with E-state index in [-0.39, 0.29) is 11.4 Å². The lowest BCUT2D eigenvalue weighted by atomic mass is 10.1. The molecule has 0 saturated heterocycles. The van der Waals surface area contributed by atoms with Crippen molar-refractivity contribution in [2.45, 2.75) is 18.4 Å². The fourth-order valence-electron chi connectivity index (χ4n) is 2.94. The molecule has 1 N–H and O–H groups in total. The van der Waals surface area contributed by atoms with Crippen LogP contribution in [0.25, 0.3) is 0 Å². The third kappa shape index (κ3) is 6.40. The van der Waals surface area contributed by atoms with Crippen LogP contribution < -0.4 is 5.43 Å². The highest BCUT2D eigenvalue weighted by molar-refractivity contribution is 7.89. The fraction of sp³-hybridized carbons (Fsp3) is 0.130. The molecular weight excluding hydrogens is 469 g/mol. The molecule has 0 atom stereocenters. The first-order valence-corrected chi connectivity index (χ1v) is 11.8. The van der Waals surface area contributed by atoms with Gasteiger partial charge in [0.15, 0.2) is 0 Å². The standard InChI is InChI=1S/C23H21Cl2N3O3S/c1-17-5-4-6-18(13-17)15-28(32(30,31)21-11-9-20(24)10-12-21)16-23(29)27-26-14-19-7-2-3-8-22(19)25/h2-14H,15-16H2,1H3,(H,27,29)/b26-14-. The van der Waals surface area contributed by atoms with Crippen LogP contribution in [0.2, 0.25) is 10.0 Å². The molecule has 3 aromatic carbocycles. The number of nitrogens with one attached hydrogen (secondary N) is 1. The highest BCUT2D eigenvalue weighted by Gasteiger charge is 2.27. The summed E-state index contributed by atoms with van der Waals surface area (Å²) in [4.78, 5) is 12.6. The summed E-state index contributed by atoms with van der Waals surface area (Å²) in [5.41, 5.74) is 4.73. The molecule has 0 aromatic heterocycles. The molecule has 9 heteroatoms. The molecule has 3 rings (SSSR count). The lowest BCUT2D eigenvalue weighted by Gasteiger charge is -2.21. The second-order valence-corrected chi connectivity index (χ2v) is 9.81. The number of amides is 1. The average Bonchev–Trinajstić information content (AvgIpc) is 2.75. The number of nitrogens with zero attached hydrogens (tertiary/aromatic N) is 2. The molecule has 32 heavy (non-hydrogen) atoms. The number of aryl methyl sites for hydroxylation is 1. The Balaban J connectivity index is 1.81. The molecule has 0 radical (unpaired) electrons. The number of hydrogen-bond acceptors (Lipinski definition) is 4. The Hall–Kier alpha value is -2.71. The number of carbonyl (C=O) groups excluding carboxylic acids is 1. The number of rotatable bonds is 8. The molecule has 0 aliphatic carbocycles. The zero-order valence-corrected chi connectivity index (χ0v) is 19.5. The summed E-state index contributed by atoms with van der Waals surface area (Å²) in [6.07, 6.45) is 1.40. The van der Waals surface area contributed by atoms with Gasteiger partial charge >= 0.3 is 0 Å². The van der Waals surface area contributed by atoms with Crippen LogP contribution in [0.15, 0.2) is 82.8 Å². The van der Waals surface area contributed by atoms with Crippen molar-refractivity contribution in [1.29, 1.82) is 0 Å². The summed E-state index contributed by atoms with van der Waals surface area (Å²) in [5.74, 6) is -0.585. The minimum Gasteiger partial charge on any atom is -0.272 e. The summed E-state index contributed by atoms with van der Waals surface area (Å²) in [7, 11) is -3.97. The molecule has 1 amide bonds. The first kappa shape index (κ1) is 23.9. The molecule has 0 spiro atoms. The molecular formula is C23H21Cl2N3O3S. The van der Waals surface area contributed by atoms with Crippen LogP contribution in [0.5, 0.6) is 0 Å². The first-order chi connectivity index (χ1) is 15.3. The Morgan fingerprint density at radius 1 is 1.03 bits per heavy atom. The van der Waals surface area contributed by atoms with Crippen molar-refractivity contribution in [3.05, 3.63) is 99.5 Å². The largest absolute Gasteiger partial charge is 0.272 e. The van der Waals surface area contributed by atoms with Crippen LogP contribution >= 0.6 is 23.2 Å². The number of carbonyl (C=O) groups is 1. The van der Waals surface area contributed by atoms with Crippen molar-refractivity contribution < 1.29 is 13.2 Å². The Labute approximate surface area is 197 Å². The van der Waals surface area contributed by atoms with E-state index in [9.17, 15) is 13.2 Å². The third-order valence-electron chi connectivity index (χ3n) is 4.51. The molecule has 6 nitrogen and oxygen atoms in total. The molecule has 0 fully saturated rings. The minimum atomic E-state index is -3.97. The number of hydrazone groups is 1. The summed E-state index contributed by atoms with van der Waals surface area (Å²) >= 11 is 12.0. The summed E-state index contributed by atoms with van der Waals surface area (Å²) in [6.45, 7) is 1.52. The lowest BCUT2D eigenvalue weighted by molar-refractivity contribution is -0.121. The monoisotopic (exact) mass is 489 g/mol. The molecule has 0 saturated carbocycles. The van der Waals surface area contributed by atoms with E-state index in [1.54, 1.807) is 24.3 Å². The number of hydrogen-bond donors (Lipinski definition) is 1. The van der Waals surface area contributed by atoms with Crippen LogP contribution in [0, 0.1) is 6.92 Å². The van der Waals surface area contributed by atoms with Gasteiger partial charge in [-0.2, -0.15) is 9.41 Å². The van der Waals surface area contributed by atoms with Gasteiger partial charge < -0.3 is 0 Å². The van der Waals surface area contributed by atoms with E-state index in [0.29, 0.717) is 15.6 Å². The number of halogens is 2. The maximum Gasteiger partial charge on any atom is 0.255 e. The third-order valence-corrected chi connectivity index (χ3v) is 6.91. The van der Waals surface area contributed by atoms with E-state index in [1.807, 2.05) is 31.2 Å². The molecule has 0 unspecified atom stereocenters. The Morgan fingerprint density at radius 3 is 2.44 bits per heavy atom. The number of benzene rings is 3. The SMILES string of the molecule is Cc1cccc(CN(CC(=O)N/N=C\c2ccccc2Cl)S(=O)(=O)c2ccc(Cl)cc2)c1. The highest BCUT2D eigenvalue weighted by atomic mass is 35.5. The molecule has 0 bridgehead atoms. The first-order valence-electron chi connectivity index (χ1n) is 9.63. The topological polar surface area (TPSA) is 78.8 Å². The summed E-state index contributed by atoms with van der Waals surface area (Å²) in [5, 5.41) is 4.80. The van der Waals surface area contributed by atoms with Gasteiger partial charge in [0.25, 0.3) is 5.91 Å². The summed E-state index contributed by atoms with van der Waals surface area (Å²) in [6, 6.07) is 20.3. The van der Waals surface area contributed by atoms with E-state index in [2.05, 4.69) is 10.5 Å². The van der Waals surface area contributed by atoms with Crippen LogP contribution in [0.3, 0.4) is 0 Å². The maximum atomic E-state index is 13.3. The van der Waals surface area contributed by atoms with Crippen molar-refractivity contribution in [2.75, 3.05) is 6.54 Å². The van der Waals surface area contributed by atoms with E-state index >= 15 is 0 Å². The second kappa shape index (κ2) is 10.7. The molecule has 0 heterocycles. The zero-order valence-electron chi connectivity index (χ0n) is 17.2. The summed E-state index contributed by atoms with van der Waals surface area (Å²) < 4.78 is 27.6. The van der Waals surface area contributed by atoms with Crippen molar-refractivity contribution in [1.82, 2.24) is 9.73 Å². The highest BCUT2D eigenvalue weighted by Crippen LogP contribution is 2.21. The molecule has 0 aliphatic rings. The van der Waals surface area contributed by atoms with E-state index in [1.165, 1.54) is 30.5 Å². The van der Waals surface area contributed by atoms with E-state index in [4.69, 9.17) is 23.2 Å². The van der Waals surface area contributed by atoms with E-state index in [0.717, 1.165) is 15.4 Å². The Morgan fingerprint density at radius 2 is 1.75 bits per heavy atom. The normalized spacial score (nSPS) is 11.8. The fourth-order valence-corrected chi connectivity index (χ4v) is 4.64. The van der Waals surface area contributed by atoms with Gasteiger partial charge in [-0.3, -0.25) is 4.79 Å². The van der Waals surface area contributed by atoms with Gasteiger partial charge in [0.1, 0.15) is 0 Å². The van der Waals surface area contributed by atoms with Gasteiger partial charge in [0.05, 0.1) is 17.7 Å². The van der Waals surface area contributed by atoms with Crippen molar-refractivity contribution >= 4 is 45.3 Å². The predicted octanol–water partition coefficient (Wildman–Crippen LogP) is 4.64. The van der Waals surface area contributed by atoms with Crippen LogP contribution in [-0.4, -0.2) is 31.4 Å². The maximum absolute atomic E-state index is 13.3. The molecule has 0 aliphatic heterocycles. The van der Waals surface area contributed by atoms with Gasteiger partial charge in [-0.15, -0.1) is 0 Å². The van der Waals surface area contributed by atoms with Crippen molar-refractivity contribution in [2.24, 2.45) is 5.10 Å². The van der Waals surface area contributed by atoms with Crippen molar-refractivity contribution in [3.63, 3.8) is 0 Å². The molecule has 166 valence electrons. The van der Waals surface area contributed by atoms with Gasteiger partial charge in [-0.1, -0.05) is 71.2 Å². The van der Waals surface area contributed by atoms with Gasteiger partial charge in [-0.25, -0.2) is 13.8 Å². The van der Waals surface area contributed by atoms with E-state index < -0.39 is 22.5 Å². The van der Waals surface area contributed by atoms with Gasteiger partial charge in [0.2, 0.25) is 10.0 Å². The second-order valence-electron chi connectivity index (χ2n) is 7.03. The Bertz CT molecular complexity index is 1230. The average molecular weight is 490 g/mol. The van der Waals surface area contributed by atoms with Crippen LogP contribution in [0.1, 0.15) is 16.7 Å². The Kier molecular flexibility index (Phi) is 8.04. The smallest absolute Gasteiger partial charge is 0.255 e.